The molecule has 8 heteroatoms. The standard InChI is InChI=1S/C25H31F3N2O3/c1-17-10-20-11-21(32)4-7-23(20)24(30(17)15-25(27,28)16-31)19-2-5-22(6-3-19)33-9-8-29-13-18(12-26)14-29/h2-7,11,17-18,24,31-32H,8-10,12-16H2,1H3/t17-,24-/m0/s1. The zero-order valence-corrected chi connectivity index (χ0v) is 18.8. The monoisotopic (exact) mass is 464 g/mol. The first-order valence-electron chi connectivity index (χ1n) is 11.4. The van der Waals surface area contributed by atoms with Crippen LogP contribution in [0.5, 0.6) is 11.5 Å². The van der Waals surface area contributed by atoms with E-state index in [1.807, 2.05) is 31.2 Å². The number of phenolic OH excluding ortho intramolecular Hbond substituents is 1. The third-order valence-corrected chi connectivity index (χ3v) is 6.60. The van der Waals surface area contributed by atoms with Crippen LogP contribution in [0.1, 0.15) is 29.7 Å². The number of likely N-dealkylation sites (tertiary alicyclic amines) is 1. The summed E-state index contributed by atoms with van der Waals surface area (Å²) in [6.07, 6.45) is 0.530. The Balaban J connectivity index is 1.51. The van der Waals surface area contributed by atoms with Crippen LogP contribution < -0.4 is 4.74 Å². The molecule has 0 spiro atoms. The number of fused-ring (bicyclic) bond motifs is 1. The fraction of sp³-hybridized carbons (Fsp3) is 0.520. The van der Waals surface area contributed by atoms with Crippen LogP contribution in [0.2, 0.25) is 0 Å². The number of aromatic hydroxyl groups is 1. The molecule has 4 rings (SSSR count). The predicted molar refractivity (Wildman–Crippen MR) is 120 cm³/mol. The van der Waals surface area contributed by atoms with E-state index in [9.17, 15) is 18.3 Å². The highest BCUT2D eigenvalue weighted by Gasteiger charge is 2.40. The molecule has 2 N–H and O–H groups in total. The van der Waals surface area contributed by atoms with E-state index < -0.39 is 25.1 Å². The lowest BCUT2D eigenvalue weighted by molar-refractivity contribution is -0.0862. The molecule has 180 valence electrons. The quantitative estimate of drug-likeness (QED) is 0.594. The van der Waals surface area contributed by atoms with Gasteiger partial charge in [-0.25, -0.2) is 8.78 Å². The molecule has 2 atom stereocenters. The molecule has 0 aromatic heterocycles. The van der Waals surface area contributed by atoms with Crippen LogP contribution in [0.4, 0.5) is 13.2 Å². The lowest BCUT2D eigenvalue weighted by Crippen LogP contribution is -2.49. The lowest BCUT2D eigenvalue weighted by atomic mass is 9.84. The number of ether oxygens (including phenoxy) is 1. The van der Waals surface area contributed by atoms with Gasteiger partial charge >= 0.3 is 0 Å². The second-order valence-electron chi connectivity index (χ2n) is 9.22. The van der Waals surface area contributed by atoms with Crippen molar-refractivity contribution in [2.24, 2.45) is 5.92 Å². The van der Waals surface area contributed by atoms with Gasteiger partial charge in [-0.3, -0.25) is 14.2 Å². The minimum absolute atomic E-state index is 0.146. The molecule has 1 fully saturated rings. The highest BCUT2D eigenvalue weighted by atomic mass is 19.3. The molecule has 0 saturated carbocycles. The van der Waals surface area contributed by atoms with Gasteiger partial charge in [0.1, 0.15) is 24.7 Å². The number of hydrogen-bond acceptors (Lipinski definition) is 5. The third kappa shape index (κ3) is 5.45. The molecule has 2 aliphatic heterocycles. The number of nitrogens with zero attached hydrogens (tertiary/aromatic N) is 2. The summed E-state index contributed by atoms with van der Waals surface area (Å²) in [5.41, 5.74) is 2.63. The van der Waals surface area contributed by atoms with Crippen molar-refractivity contribution >= 4 is 0 Å². The smallest absolute Gasteiger partial charge is 0.283 e. The maximum atomic E-state index is 14.2. The van der Waals surface area contributed by atoms with E-state index in [2.05, 4.69) is 4.90 Å². The van der Waals surface area contributed by atoms with Gasteiger partial charge in [-0.2, -0.15) is 0 Å². The predicted octanol–water partition coefficient (Wildman–Crippen LogP) is 3.64. The Hall–Kier alpha value is -2.29. The van der Waals surface area contributed by atoms with E-state index in [1.54, 1.807) is 23.1 Å². The van der Waals surface area contributed by atoms with Gasteiger partial charge in [0.05, 0.1) is 19.3 Å². The van der Waals surface area contributed by atoms with E-state index in [1.165, 1.54) is 0 Å². The van der Waals surface area contributed by atoms with Crippen LogP contribution in [0.3, 0.4) is 0 Å². The number of halogens is 3. The summed E-state index contributed by atoms with van der Waals surface area (Å²) in [5.74, 6) is -2.24. The Kier molecular flexibility index (Phi) is 7.16. The van der Waals surface area contributed by atoms with Crippen molar-refractivity contribution in [3.05, 3.63) is 59.2 Å². The van der Waals surface area contributed by atoms with E-state index >= 15 is 0 Å². The minimum atomic E-state index is -3.22. The Morgan fingerprint density at radius 1 is 1.12 bits per heavy atom. The van der Waals surface area contributed by atoms with Crippen LogP contribution in [0.15, 0.2) is 42.5 Å². The molecule has 0 radical (unpaired) electrons. The summed E-state index contributed by atoms with van der Waals surface area (Å²) in [5, 5.41) is 19.1. The highest BCUT2D eigenvalue weighted by molar-refractivity contribution is 5.45. The van der Waals surface area contributed by atoms with Gasteiger partial charge in [0, 0.05) is 31.6 Å². The van der Waals surface area contributed by atoms with Gasteiger partial charge < -0.3 is 14.9 Å². The molecule has 2 aliphatic rings. The average Bonchev–Trinajstić information content (AvgIpc) is 2.76. The minimum Gasteiger partial charge on any atom is -0.508 e. The first-order chi connectivity index (χ1) is 15.8. The van der Waals surface area contributed by atoms with Crippen LogP contribution in [0.25, 0.3) is 0 Å². The molecule has 2 aromatic rings. The number of hydrogen-bond donors (Lipinski definition) is 2. The summed E-state index contributed by atoms with van der Waals surface area (Å²) in [4.78, 5) is 3.87. The number of aliphatic hydroxyl groups is 1. The third-order valence-electron chi connectivity index (χ3n) is 6.60. The van der Waals surface area contributed by atoms with Gasteiger partial charge in [0.15, 0.2) is 0 Å². The zero-order chi connectivity index (χ0) is 23.6. The Morgan fingerprint density at radius 2 is 1.85 bits per heavy atom. The number of phenols is 1. The van der Waals surface area contributed by atoms with Crippen molar-refractivity contribution in [1.82, 2.24) is 9.80 Å². The second kappa shape index (κ2) is 9.91. The topological polar surface area (TPSA) is 56.2 Å². The van der Waals surface area contributed by atoms with Crippen molar-refractivity contribution < 1.29 is 28.1 Å². The van der Waals surface area contributed by atoms with Crippen molar-refractivity contribution in [2.45, 2.75) is 31.4 Å². The fourth-order valence-electron chi connectivity index (χ4n) is 4.84. The van der Waals surface area contributed by atoms with Gasteiger partial charge in [-0.1, -0.05) is 18.2 Å². The average molecular weight is 465 g/mol. The Morgan fingerprint density at radius 3 is 2.52 bits per heavy atom. The SMILES string of the molecule is C[C@H]1Cc2cc(O)ccc2[C@H](c2ccc(OCCN3CC(CF)C3)cc2)N1CC(F)(F)CO. The van der Waals surface area contributed by atoms with Crippen LogP contribution >= 0.6 is 0 Å². The summed E-state index contributed by atoms with van der Waals surface area (Å²) >= 11 is 0. The zero-order valence-electron chi connectivity index (χ0n) is 18.8. The molecule has 2 aromatic carbocycles. The largest absolute Gasteiger partial charge is 0.508 e. The number of benzene rings is 2. The van der Waals surface area contributed by atoms with Crippen molar-refractivity contribution in [3.8, 4) is 11.5 Å². The molecule has 0 bridgehead atoms. The molecule has 1 saturated heterocycles. The number of aliphatic hydroxyl groups excluding tert-OH is 1. The van der Waals surface area contributed by atoms with Crippen molar-refractivity contribution in [2.75, 3.05) is 46.1 Å². The van der Waals surface area contributed by atoms with E-state index in [0.29, 0.717) is 18.8 Å². The molecule has 0 unspecified atom stereocenters. The van der Waals surface area contributed by atoms with Crippen molar-refractivity contribution in [3.63, 3.8) is 0 Å². The first-order valence-corrected chi connectivity index (χ1v) is 11.4. The van der Waals surface area contributed by atoms with Gasteiger partial charge in [0.2, 0.25) is 0 Å². The van der Waals surface area contributed by atoms with E-state index in [0.717, 1.165) is 36.3 Å². The molecule has 33 heavy (non-hydrogen) atoms. The van der Waals surface area contributed by atoms with Gasteiger partial charge in [0.25, 0.3) is 5.92 Å². The van der Waals surface area contributed by atoms with E-state index in [4.69, 9.17) is 9.84 Å². The Bertz CT molecular complexity index is 935. The first kappa shape index (κ1) is 23.9. The second-order valence-corrected chi connectivity index (χ2v) is 9.22. The van der Waals surface area contributed by atoms with Crippen LogP contribution in [0, 0.1) is 5.92 Å². The maximum absolute atomic E-state index is 14.2. The van der Waals surface area contributed by atoms with E-state index in [-0.39, 0.29) is 24.4 Å². The Labute approximate surface area is 192 Å². The molecule has 5 nitrogen and oxygen atoms in total. The summed E-state index contributed by atoms with van der Waals surface area (Å²) in [7, 11) is 0. The number of rotatable bonds is 9. The molecular formula is C25H31F3N2O3. The fourth-order valence-corrected chi connectivity index (χ4v) is 4.84. The summed E-state index contributed by atoms with van der Waals surface area (Å²) < 4.78 is 46.8. The maximum Gasteiger partial charge on any atom is 0.283 e. The number of alkyl halides is 3. The normalized spacial score (nSPS) is 22.1. The van der Waals surface area contributed by atoms with Gasteiger partial charge in [-0.05, 0) is 54.3 Å². The molecular weight excluding hydrogens is 433 g/mol. The molecule has 2 heterocycles. The van der Waals surface area contributed by atoms with Gasteiger partial charge in [-0.15, -0.1) is 0 Å². The summed E-state index contributed by atoms with van der Waals surface area (Å²) in [6, 6.07) is 11.8. The highest BCUT2D eigenvalue weighted by Crippen LogP contribution is 2.40. The summed E-state index contributed by atoms with van der Waals surface area (Å²) in [6.45, 7) is 2.60. The molecule has 0 aliphatic carbocycles. The van der Waals surface area contributed by atoms with Crippen molar-refractivity contribution in [1.29, 1.82) is 0 Å². The van der Waals surface area contributed by atoms with Crippen LogP contribution in [-0.4, -0.2) is 78.0 Å². The van der Waals surface area contributed by atoms with Crippen LogP contribution in [-0.2, 0) is 6.42 Å². The lowest BCUT2D eigenvalue weighted by Gasteiger charge is -2.43. The molecule has 0 amide bonds.